The van der Waals surface area contributed by atoms with E-state index in [1.54, 1.807) is 38.7 Å². The highest BCUT2D eigenvalue weighted by molar-refractivity contribution is 6.02. The maximum atomic E-state index is 12.3. The van der Waals surface area contributed by atoms with Crippen LogP contribution in [0, 0.1) is 0 Å². The molecular formula is C70H74F6N8O2. The third kappa shape index (κ3) is 20.3. The summed E-state index contributed by atoms with van der Waals surface area (Å²) in [6, 6.07) is 40.4. The molecule has 0 saturated carbocycles. The van der Waals surface area contributed by atoms with Crippen molar-refractivity contribution in [2.45, 2.75) is 129 Å². The van der Waals surface area contributed by atoms with Gasteiger partial charge in [-0.05, 0) is 120 Å². The first kappa shape index (κ1) is 64.9. The minimum atomic E-state index is -4.51. The van der Waals surface area contributed by atoms with Gasteiger partial charge in [0, 0.05) is 72.5 Å². The van der Waals surface area contributed by atoms with Crippen molar-refractivity contribution in [1.82, 2.24) is 39.9 Å². The highest BCUT2D eigenvalue weighted by atomic mass is 19.4. The number of methoxy groups -OCH3 is 2. The van der Waals surface area contributed by atoms with Gasteiger partial charge in [0.2, 0.25) is 0 Å². The van der Waals surface area contributed by atoms with E-state index in [1.165, 1.54) is 112 Å². The summed E-state index contributed by atoms with van der Waals surface area (Å²) in [6.45, 7) is 4.56. The maximum Gasteiger partial charge on any atom is 0.417 e. The fourth-order valence-electron chi connectivity index (χ4n) is 9.51. The second-order valence-electron chi connectivity index (χ2n) is 20.6. The molecule has 16 heteroatoms. The Morgan fingerprint density at radius 2 is 0.686 bits per heavy atom. The van der Waals surface area contributed by atoms with E-state index in [2.05, 4.69) is 102 Å². The third-order valence-electron chi connectivity index (χ3n) is 14.3. The van der Waals surface area contributed by atoms with Gasteiger partial charge in [0.15, 0.2) is 0 Å². The van der Waals surface area contributed by atoms with Crippen LogP contribution >= 0.6 is 0 Å². The van der Waals surface area contributed by atoms with E-state index in [4.69, 9.17) is 9.47 Å². The quantitative estimate of drug-likeness (QED) is 0.0479. The van der Waals surface area contributed by atoms with Crippen molar-refractivity contribution in [2.75, 3.05) is 14.2 Å². The zero-order valence-corrected chi connectivity index (χ0v) is 49.3. The van der Waals surface area contributed by atoms with Crippen LogP contribution < -0.4 is 9.47 Å². The van der Waals surface area contributed by atoms with Crippen LogP contribution in [0.3, 0.4) is 0 Å². The van der Waals surface area contributed by atoms with Gasteiger partial charge in [0.25, 0.3) is 0 Å². The number of nitrogens with zero attached hydrogens (tertiary/aromatic N) is 8. The van der Waals surface area contributed by atoms with Crippen LogP contribution in [-0.4, -0.2) is 54.1 Å². The maximum absolute atomic E-state index is 12.3. The number of hydrogen-bond donors (Lipinski definition) is 0. The SMILES string of the molecule is CCCCCCCCCc1ccnc(-c2cc(CCCCCCCCC)ccn2)c1.COc1ccnc(-c2cc(OC)ccn2)c1.FC(F)(F)c1ccc(-c2ccc(C(F)(F)F)cn2)nc1.c1ccc2c(-c3nccc4ccccc34)nccc2c1. The molecule has 8 aromatic heterocycles. The number of ether oxygens (including phenoxy) is 2. The van der Waals surface area contributed by atoms with Crippen LogP contribution in [-0.2, 0) is 25.2 Å². The van der Waals surface area contributed by atoms with E-state index >= 15 is 0 Å². The molecule has 0 fully saturated rings. The van der Waals surface area contributed by atoms with Gasteiger partial charge in [-0.15, -0.1) is 0 Å². The molecule has 0 aliphatic heterocycles. The average molecular weight is 1170 g/mol. The zero-order valence-electron chi connectivity index (χ0n) is 49.3. The standard InChI is InChI=1S/C28H44N2.C18H12N2.C12H6F6N2.C12H12N2O2/c1-3-5-7-9-11-13-15-17-25-19-21-29-27(23-25)28-24-26(20-22-30-28)18-16-14-12-10-8-6-4-2;1-3-7-15-13(5-1)9-11-19-17(15)18-16-8-4-2-6-14(16)10-12-20-18;13-11(14,15)7-1-3-9(19-5-7)10-4-2-8(6-20-10)12(16,17)18;1-15-9-3-5-13-11(7-9)12-8-10(16-2)4-6-14-12/h19-24H,3-18H2,1-2H3;1-12H;1-6H;3-8H,1-2H3. The Kier molecular flexibility index (Phi) is 25.5. The third-order valence-corrected chi connectivity index (χ3v) is 14.3. The van der Waals surface area contributed by atoms with E-state index < -0.39 is 23.5 Å². The van der Waals surface area contributed by atoms with Crippen molar-refractivity contribution in [3.05, 3.63) is 205 Å². The summed E-state index contributed by atoms with van der Waals surface area (Å²) >= 11 is 0. The summed E-state index contributed by atoms with van der Waals surface area (Å²) in [7, 11) is 3.25. The fourth-order valence-corrected chi connectivity index (χ4v) is 9.51. The second-order valence-corrected chi connectivity index (χ2v) is 20.6. The Hall–Kier alpha value is -8.66. The lowest BCUT2D eigenvalue weighted by Crippen LogP contribution is -2.06. The molecule has 0 unspecified atom stereocenters. The molecule has 0 atom stereocenters. The minimum absolute atomic E-state index is 0.0618. The number of hydrogen-bond acceptors (Lipinski definition) is 10. The average Bonchev–Trinajstić information content (AvgIpc) is 3.31. The van der Waals surface area contributed by atoms with Crippen LogP contribution in [0.5, 0.6) is 11.5 Å². The van der Waals surface area contributed by atoms with Gasteiger partial charge in [-0.25, -0.2) is 0 Å². The molecule has 0 bridgehead atoms. The Morgan fingerprint density at radius 1 is 0.337 bits per heavy atom. The number of halogens is 6. The van der Waals surface area contributed by atoms with E-state index in [-0.39, 0.29) is 11.4 Å². The predicted octanol–water partition coefficient (Wildman–Crippen LogP) is 19.5. The smallest absolute Gasteiger partial charge is 0.417 e. The number of aromatic nitrogens is 8. The summed E-state index contributed by atoms with van der Waals surface area (Å²) in [5.41, 5.74) is 6.51. The van der Waals surface area contributed by atoms with E-state index in [0.717, 1.165) is 93.5 Å². The van der Waals surface area contributed by atoms with Crippen LogP contribution in [0.15, 0.2) is 183 Å². The first-order chi connectivity index (χ1) is 41.8. The van der Waals surface area contributed by atoms with Gasteiger partial charge in [0.05, 0.1) is 70.9 Å². The lowest BCUT2D eigenvalue weighted by molar-refractivity contribution is -0.138. The van der Waals surface area contributed by atoms with Crippen LogP contribution in [0.2, 0.25) is 0 Å². The molecule has 2 aromatic carbocycles. The Balaban J connectivity index is 0.000000168. The predicted molar refractivity (Wildman–Crippen MR) is 331 cm³/mol. The number of alkyl halides is 6. The van der Waals surface area contributed by atoms with Gasteiger partial charge in [-0.2, -0.15) is 26.3 Å². The summed E-state index contributed by atoms with van der Waals surface area (Å²) in [5.74, 6) is 1.52. The van der Waals surface area contributed by atoms with Gasteiger partial charge < -0.3 is 9.47 Å². The number of pyridine rings is 8. The summed E-state index contributed by atoms with van der Waals surface area (Å²) < 4.78 is 84.2. The molecule has 0 N–H and O–H groups in total. The fraction of sp³-hybridized carbons (Fsp3) is 0.314. The summed E-state index contributed by atoms with van der Waals surface area (Å²) in [5, 5.41) is 4.65. The van der Waals surface area contributed by atoms with Gasteiger partial charge in [-0.1, -0.05) is 139 Å². The number of fused-ring (bicyclic) bond motifs is 2. The highest BCUT2D eigenvalue weighted by Gasteiger charge is 2.32. The van der Waals surface area contributed by atoms with Crippen LogP contribution in [0.1, 0.15) is 126 Å². The topological polar surface area (TPSA) is 122 Å². The zero-order chi connectivity index (χ0) is 61.0. The molecular weight excluding hydrogens is 1100 g/mol. The lowest BCUT2D eigenvalue weighted by atomic mass is 10.0. The summed E-state index contributed by atoms with van der Waals surface area (Å²) in [6.07, 6.45) is 24.5. The minimum Gasteiger partial charge on any atom is -0.497 e. The van der Waals surface area contributed by atoms with Crippen molar-refractivity contribution in [2.24, 2.45) is 0 Å². The molecule has 0 radical (unpaired) electrons. The molecule has 0 aliphatic carbocycles. The number of rotatable bonds is 22. The normalized spacial score (nSPS) is 11.2. The first-order valence-electron chi connectivity index (χ1n) is 29.4. The molecule has 0 aliphatic rings. The number of aryl methyl sites for hydroxylation is 2. The number of benzene rings is 2. The van der Waals surface area contributed by atoms with Crippen molar-refractivity contribution in [1.29, 1.82) is 0 Å². The van der Waals surface area contributed by atoms with Crippen LogP contribution in [0.25, 0.3) is 67.1 Å². The monoisotopic (exact) mass is 1170 g/mol. The molecule has 8 heterocycles. The summed E-state index contributed by atoms with van der Waals surface area (Å²) in [4.78, 5) is 33.9. The van der Waals surface area contributed by atoms with Crippen molar-refractivity contribution < 1.29 is 35.8 Å². The highest BCUT2D eigenvalue weighted by Crippen LogP contribution is 2.33. The van der Waals surface area contributed by atoms with Gasteiger partial charge in [0.1, 0.15) is 11.5 Å². The van der Waals surface area contributed by atoms with Gasteiger partial charge >= 0.3 is 12.4 Å². The molecule has 0 amide bonds. The molecule has 448 valence electrons. The molecule has 86 heavy (non-hydrogen) atoms. The van der Waals surface area contributed by atoms with Gasteiger partial charge in [-0.3, -0.25) is 39.9 Å². The second kappa shape index (κ2) is 33.7. The molecule has 10 rings (SSSR count). The Bertz CT molecular complexity index is 3370. The first-order valence-corrected chi connectivity index (χ1v) is 29.4. The van der Waals surface area contributed by atoms with Crippen LogP contribution in [0.4, 0.5) is 26.3 Å². The molecule has 0 spiro atoms. The molecule has 10 nitrogen and oxygen atoms in total. The van der Waals surface area contributed by atoms with Crippen molar-refractivity contribution in [3.63, 3.8) is 0 Å². The van der Waals surface area contributed by atoms with E-state index in [9.17, 15) is 26.3 Å². The van der Waals surface area contributed by atoms with Crippen molar-refractivity contribution >= 4 is 21.5 Å². The Labute approximate surface area is 500 Å². The molecule has 10 aromatic rings. The van der Waals surface area contributed by atoms with E-state index in [0.29, 0.717) is 12.4 Å². The Morgan fingerprint density at radius 3 is 1.05 bits per heavy atom. The lowest BCUT2D eigenvalue weighted by Gasteiger charge is -2.08. The van der Waals surface area contributed by atoms with Crippen molar-refractivity contribution in [3.8, 4) is 57.1 Å². The number of unbranched alkanes of at least 4 members (excludes halogenated alkanes) is 12. The molecule has 0 saturated heterocycles. The largest absolute Gasteiger partial charge is 0.497 e. The van der Waals surface area contributed by atoms with E-state index in [1.807, 2.05) is 73.3 Å².